The molecule has 2 aliphatic carbocycles. The summed E-state index contributed by atoms with van der Waals surface area (Å²) in [6.45, 7) is 5.94. The van der Waals surface area contributed by atoms with Gasteiger partial charge in [0, 0.05) is 0 Å². The van der Waals surface area contributed by atoms with Gasteiger partial charge in [0.25, 0.3) is 0 Å². The topological polar surface area (TPSA) is 60.7 Å². The second-order valence-electron chi connectivity index (χ2n) is 6.78. The molecule has 3 N–H and O–H groups in total. The molecule has 0 amide bonds. The Kier molecular flexibility index (Phi) is 3.60. The van der Waals surface area contributed by atoms with E-state index >= 15 is 0 Å². The second-order valence-corrected chi connectivity index (χ2v) is 6.78. The van der Waals surface area contributed by atoms with Crippen LogP contribution in [0.3, 0.4) is 0 Å². The lowest BCUT2D eigenvalue weighted by Gasteiger charge is -2.47. The lowest BCUT2D eigenvalue weighted by molar-refractivity contribution is -0.0651. The molecule has 0 heterocycles. The molecule has 0 radical (unpaired) electrons. The van der Waals surface area contributed by atoms with Gasteiger partial charge < -0.3 is 15.3 Å². The minimum Gasteiger partial charge on any atom is -0.392 e. The Labute approximate surface area is 110 Å². The fourth-order valence-corrected chi connectivity index (χ4v) is 4.28. The molecule has 0 unspecified atom stereocenters. The van der Waals surface area contributed by atoms with Crippen LogP contribution in [0.15, 0.2) is 11.6 Å². The molecule has 0 bridgehead atoms. The normalized spacial score (nSPS) is 41.2. The Morgan fingerprint density at radius 2 is 2.06 bits per heavy atom. The predicted molar refractivity (Wildman–Crippen MR) is 71.0 cm³/mol. The predicted octanol–water partition coefficient (Wildman–Crippen LogP) is 1.86. The third kappa shape index (κ3) is 2.13. The Morgan fingerprint density at radius 1 is 1.39 bits per heavy atom. The lowest BCUT2D eigenvalue weighted by Crippen LogP contribution is -2.46. The summed E-state index contributed by atoms with van der Waals surface area (Å²) in [6, 6.07) is 0. The van der Waals surface area contributed by atoms with Crippen molar-refractivity contribution in [3.63, 3.8) is 0 Å². The van der Waals surface area contributed by atoms with Gasteiger partial charge in [0.1, 0.15) is 0 Å². The molecule has 0 aromatic rings. The van der Waals surface area contributed by atoms with Gasteiger partial charge in [-0.25, -0.2) is 0 Å². The molecule has 2 aliphatic rings. The van der Waals surface area contributed by atoms with Crippen LogP contribution in [0.2, 0.25) is 0 Å². The molecule has 0 aromatic heterocycles. The molecule has 4 atom stereocenters. The van der Waals surface area contributed by atoms with Crippen LogP contribution >= 0.6 is 0 Å². The quantitative estimate of drug-likeness (QED) is 0.659. The van der Waals surface area contributed by atoms with Crippen LogP contribution < -0.4 is 0 Å². The van der Waals surface area contributed by atoms with E-state index in [2.05, 4.69) is 6.92 Å². The van der Waals surface area contributed by atoms with Gasteiger partial charge in [-0.15, -0.1) is 0 Å². The molecule has 0 saturated heterocycles. The van der Waals surface area contributed by atoms with E-state index < -0.39 is 11.7 Å². The van der Waals surface area contributed by atoms with Crippen molar-refractivity contribution in [2.24, 2.45) is 17.3 Å². The van der Waals surface area contributed by atoms with Crippen molar-refractivity contribution >= 4 is 0 Å². The Morgan fingerprint density at radius 3 is 2.56 bits per heavy atom. The maximum atomic E-state index is 10.4. The highest BCUT2D eigenvalue weighted by molar-refractivity contribution is 5.19. The lowest BCUT2D eigenvalue weighted by atomic mass is 9.60. The van der Waals surface area contributed by atoms with Crippen LogP contribution in [0.1, 0.15) is 46.5 Å². The van der Waals surface area contributed by atoms with Crippen LogP contribution in [0, 0.1) is 17.3 Å². The Hall–Kier alpha value is -0.380. The summed E-state index contributed by atoms with van der Waals surface area (Å²) in [4.78, 5) is 0. The average Bonchev–Trinajstić information content (AvgIpc) is 2.56. The van der Waals surface area contributed by atoms with Crippen molar-refractivity contribution < 1.29 is 15.3 Å². The summed E-state index contributed by atoms with van der Waals surface area (Å²) in [5.74, 6) is 0.742. The number of rotatable bonds is 2. The van der Waals surface area contributed by atoms with Crippen LogP contribution in [-0.2, 0) is 0 Å². The van der Waals surface area contributed by atoms with E-state index in [1.165, 1.54) is 0 Å². The SMILES string of the molecule is C[C@H]1CC[C@@H](C(C)(C)O)[C@]12CC=C(CO)[C@H](O)C2. The largest absolute Gasteiger partial charge is 0.392 e. The Balaban J connectivity index is 2.32. The third-order valence-corrected chi connectivity index (χ3v) is 5.34. The van der Waals surface area contributed by atoms with Gasteiger partial charge in [-0.1, -0.05) is 13.0 Å². The van der Waals surface area contributed by atoms with Gasteiger partial charge in [0.05, 0.1) is 18.3 Å². The molecular formula is C15H26O3. The number of aliphatic hydroxyl groups excluding tert-OH is 2. The van der Waals surface area contributed by atoms with Gasteiger partial charge in [0.15, 0.2) is 0 Å². The van der Waals surface area contributed by atoms with Crippen LogP contribution in [0.25, 0.3) is 0 Å². The molecule has 1 saturated carbocycles. The number of hydrogen-bond acceptors (Lipinski definition) is 3. The minimum atomic E-state index is -0.699. The van der Waals surface area contributed by atoms with E-state index in [-0.39, 0.29) is 17.9 Å². The highest BCUT2D eigenvalue weighted by atomic mass is 16.3. The fraction of sp³-hybridized carbons (Fsp3) is 0.867. The number of hydrogen-bond donors (Lipinski definition) is 3. The van der Waals surface area contributed by atoms with Crippen molar-refractivity contribution in [3.05, 3.63) is 11.6 Å². The van der Waals surface area contributed by atoms with Gasteiger partial charge in [-0.05, 0) is 62.4 Å². The maximum Gasteiger partial charge on any atom is 0.0777 e. The number of allylic oxidation sites excluding steroid dienone is 1. The summed E-state index contributed by atoms with van der Waals surface area (Å²) >= 11 is 0. The highest BCUT2D eigenvalue weighted by Gasteiger charge is 2.54. The van der Waals surface area contributed by atoms with Crippen molar-refractivity contribution in [1.29, 1.82) is 0 Å². The first kappa shape index (κ1) is 14.0. The summed E-state index contributed by atoms with van der Waals surface area (Å²) in [5.41, 5.74) is 0.0416. The summed E-state index contributed by atoms with van der Waals surface area (Å²) in [7, 11) is 0. The molecule has 0 aromatic carbocycles. The minimum absolute atomic E-state index is 0.00363. The van der Waals surface area contributed by atoms with E-state index in [1.54, 1.807) is 0 Å². The first-order chi connectivity index (χ1) is 8.31. The summed E-state index contributed by atoms with van der Waals surface area (Å²) < 4.78 is 0. The van der Waals surface area contributed by atoms with Crippen LogP contribution in [0.4, 0.5) is 0 Å². The summed E-state index contributed by atoms with van der Waals surface area (Å²) in [6.07, 6.45) is 5.14. The molecule has 18 heavy (non-hydrogen) atoms. The molecule has 3 nitrogen and oxygen atoms in total. The van der Waals surface area contributed by atoms with Crippen molar-refractivity contribution in [2.75, 3.05) is 6.61 Å². The van der Waals surface area contributed by atoms with Crippen molar-refractivity contribution in [3.8, 4) is 0 Å². The van der Waals surface area contributed by atoms with Crippen LogP contribution in [0.5, 0.6) is 0 Å². The first-order valence-electron chi connectivity index (χ1n) is 7.01. The maximum absolute atomic E-state index is 10.4. The molecule has 1 spiro atoms. The zero-order valence-corrected chi connectivity index (χ0v) is 11.7. The Bertz CT molecular complexity index is 342. The van der Waals surface area contributed by atoms with E-state index in [1.807, 2.05) is 19.9 Å². The third-order valence-electron chi connectivity index (χ3n) is 5.34. The monoisotopic (exact) mass is 254 g/mol. The average molecular weight is 254 g/mol. The second kappa shape index (κ2) is 4.62. The van der Waals surface area contributed by atoms with E-state index in [9.17, 15) is 15.3 Å². The van der Waals surface area contributed by atoms with Gasteiger partial charge in [0.2, 0.25) is 0 Å². The van der Waals surface area contributed by atoms with E-state index in [0.717, 1.165) is 24.8 Å². The molecule has 1 fully saturated rings. The molecule has 3 heteroatoms. The van der Waals surface area contributed by atoms with E-state index in [4.69, 9.17) is 0 Å². The van der Waals surface area contributed by atoms with E-state index in [0.29, 0.717) is 12.3 Å². The van der Waals surface area contributed by atoms with Gasteiger partial charge in [-0.3, -0.25) is 0 Å². The first-order valence-corrected chi connectivity index (χ1v) is 7.01. The summed E-state index contributed by atoms with van der Waals surface area (Å²) in [5, 5.41) is 29.8. The fourth-order valence-electron chi connectivity index (χ4n) is 4.28. The van der Waals surface area contributed by atoms with Crippen molar-refractivity contribution in [1.82, 2.24) is 0 Å². The molecule has 0 aliphatic heterocycles. The zero-order chi connectivity index (χ0) is 13.6. The standard InChI is InChI=1S/C15H26O3/c1-10-4-5-13(14(2,3)18)15(10)7-6-11(9-16)12(17)8-15/h6,10,12-13,16-18H,4-5,7-9H2,1-3H3/t10-,12+,13-,15-/m0/s1. The number of aliphatic hydroxyl groups is 3. The van der Waals surface area contributed by atoms with Crippen molar-refractivity contribution in [2.45, 2.75) is 58.2 Å². The molecule has 104 valence electrons. The zero-order valence-electron chi connectivity index (χ0n) is 11.7. The van der Waals surface area contributed by atoms with Crippen LogP contribution in [-0.4, -0.2) is 33.6 Å². The molecule has 2 rings (SSSR count). The highest BCUT2D eigenvalue weighted by Crippen LogP contribution is 2.58. The smallest absolute Gasteiger partial charge is 0.0777 e. The van der Waals surface area contributed by atoms with Gasteiger partial charge in [-0.2, -0.15) is 0 Å². The van der Waals surface area contributed by atoms with Gasteiger partial charge >= 0.3 is 0 Å². The molecular weight excluding hydrogens is 228 g/mol.